The topological polar surface area (TPSA) is 116 Å². The zero-order valence-electron chi connectivity index (χ0n) is 15.7. The van der Waals surface area contributed by atoms with Crippen LogP contribution in [0.4, 0.5) is 11.4 Å². The number of nitro groups is 1. The summed E-state index contributed by atoms with van der Waals surface area (Å²) in [7, 11) is 1.56. The molecule has 1 unspecified atom stereocenters. The zero-order valence-corrected chi connectivity index (χ0v) is 15.7. The summed E-state index contributed by atoms with van der Waals surface area (Å²) in [6.45, 7) is 1.50. The molecule has 1 N–H and O–H groups in total. The van der Waals surface area contributed by atoms with E-state index in [0.717, 1.165) is 10.2 Å². The fourth-order valence-electron chi connectivity index (χ4n) is 2.71. The summed E-state index contributed by atoms with van der Waals surface area (Å²) >= 11 is 0. The number of aromatic nitrogens is 2. The number of amides is 1. The van der Waals surface area contributed by atoms with Crippen LogP contribution < -0.4 is 15.6 Å². The molecule has 0 saturated carbocycles. The number of benzene rings is 2. The Morgan fingerprint density at radius 3 is 2.48 bits per heavy atom. The second-order valence-electron chi connectivity index (χ2n) is 6.17. The summed E-state index contributed by atoms with van der Waals surface area (Å²) in [5, 5.41) is 17.9. The van der Waals surface area contributed by atoms with Gasteiger partial charge in [-0.3, -0.25) is 19.7 Å². The van der Waals surface area contributed by atoms with Crippen molar-refractivity contribution in [3.63, 3.8) is 0 Å². The quantitative estimate of drug-likeness (QED) is 0.507. The van der Waals surface area contributed by atoms with Gasteiger partial charge in [0.05, 0.1) is 17.7 Å². The molecule has 0 aliphatic heterocycles. The van der Waals surface area contributed by atoms with Crippen LogP contribution in [0.25, 0.3) is 11.3 Å². The van der Waals surface area contributed by atoms with Gasteiger partial charge >= 0.3 is 0 Å². The molecule has 1 amide bonds. The summed E-state index contributed by atoms with van der Waals surface area (Å²) in [6, 6.07) is 14.8. The molecule has 0 spiro atoms. The Labute approximate surface area is 165 Å². The molecule has 1 heterocycles. The van der Waals surface area contributed by atoms with Gasteiger partial charge in [-0.05, 0) is 43.3 Å². The smallest absolute Gasteiger partial charge is 0.292 e. The third kappa shape index (κ3) is 4.29. The van der Waals surface area contributed by atoms with Gasteiger partial charge in [-0.2, -0.15) is 5.10 Å². The number of methoxy groups -OCH3 is 1. The van der Waals surface area contributed by atoms with Crippen molar-refractivity contribution in [1.82, 2.24) is 9.78 Å². The predicted octanol–water partition coefficient (Wildman–Crippen LogP) is 3.03. The molecule has 9 heteroatoms. The van der Waals surface area contributed by atoms with E-state index in [1.54, 1.807) is 43.5 Å². The Morgan fingerprint density at radius 2 is 1.83 bits per heavy atom. The highest BCUT2D eigenvalue weighted by Gasteiger charge is 2.21. The Balaban J connectivity index is 1.88. The predicted molar refractivity (Wildman–Crippen MR) is 107 cm³/mol. The number of hydrogen-bond acceptors (Lipinski definition) is 6. The monoisotopic (exact) mass is 394 g/mol. The van der Waals surface area contributed by atoms with Crippen LogP contribution in [0.5, 0.6) is 5.75 Å². The molecule has 3 rings (SSSR count). The molecule has 0 fully saturated rings. The normalized spacial score (nSPS) is 11.5. The minimum absolute atomic E-state index is 0.0497. The van der Waals surface area contributed by atoms with E-state index in [-0.39, 0.29) is 11.4 Å². The number of carbonyl (C=O) groups excluding carboxylic acids is 1. The van der Waals surface area contributed by atoms with Crippen molar-refractivity contribution in [2.24, 2.45) is 0 Å². The third-order valence-electron chi connectivity index (χ3n) is 4.32. The van der Waals surface area contributed by atoms with Crippen LogP contribution in [0, 0.1) is 10.1 Å². The minimum Gasteiger partial charge on any atom is -0.497 e. The molecular formula is C20H18N4O5. The van der Waals surface area contributed by atoms with Gasteiger partial charge in [0.1, 0.15) is 17.5 Å². The fraction of sp³-hybridized carbons (Fsp3) is 0.150. The molecule has 0 radical (unpaired) electrons. The first-order valence-corrected chi connectivity index (χ1v) is 8.69. The second kappa shape index (κ2) is 8.34. The van der Waals surface area contributed by atoms with Gasteiger partial charge in [0.15, 0.2) is 0 Å². The maximum Gasteiger partial charge on any atom is 0.292 e. The van der Waals surface area contributed by atoms with Crippen LogP contribution in [0.1, 0.15) is 13.0 Å². The lowest BCUT2D eigenvalue weighted by atomic mass is 10.1. The maximum atomic E-state index is 12.6. The summed E-state index contributed by atoms with van der Waals surface area (Å²) in [4.78, 5) is 35.4. The van der Waals surface area contributed by atoms with Crippen LogP contribution in [-0.4, -0.2) is 27.7 Å². The molecule has 29 heavy (non-hydrogen) atoms. The number of anilines is 1. The summed E-state index contributed by atoms with van der Waals surface area (Å²) < 4.78 is 6.17. The van der Waals surface area contributed by atoms with Gasteiger partial charge in [-0.1, -0.05) is 12.1 Å². The summed E-state index contributed by atoms with van der Waals surface area (Å²) in [5.41, 5.74) is 0.588. The van der Waals surface area contributed by atoms with Crippen molar-refractivity contribution in [3.05, 3.63) is 81.1 Å². The van der Waals surface area contributed by atoms with E-state index in [1.165, 1.54) is 31.2 Å². The van der Waals surface area contributed by atoms with E-state index in [9.17, 15) is 19.7 Å². The molecule has 2 aromatic carbocycles. The van der Waals surface area contributed by atoms with Crippen LogP contribution in [0.3, 0.4) is 0 Å². The van der Waals surface area contributed by atoms with Crippen LogP contribution in [0.2, 0.25) is 0 Å². The number of nitro benzene ring substituents is 1. The standard InChI is InChI=1S/C20H18N4O5/c1-13(20(26)21-17-5-3-4-6-18(17)24(27)28)23-19(25)12-11-16(22-23)14-7-9-15(29-2)10-8-14/h3-13H,1-2H3,(H,21,26). The van der Waals surface area contributed by atoms with Gasteiger partial charge in [-0.15, -0.1) is 0 Å². The lowest BCUT2D eigenvalue weighted by Gasteiger charge is -2.15. The number of carbonyl (C=O) groups is 1. The minimum atomic E-state index is -0.986. The van der Waals surface area contributed by atoms with Gasteiger partial charge in [0.2, 0.25) is 5.91 Å². The maximum absolute atomic E-state index is 12.6. The van der Waals surface area contributed by atoms with E-state index < -0.39 is 22.4 Å². The largest absolute Gasteiger partial charge is 0.497 e. The molecule has 0 bridgehead atoms. The molecule has 0 aliphatic rings. The average molecular weight is 394 g/mol. The van der Waals surface area contributed by atoms with Crippen molar-refractivity contribution in [2.75, 3.05) is 12.4 Å². The van der Waals surface area contributed by atoms with Gasteiger partial charge in [0, 0.05) is 17.7 Å². The molecule has 1 atom stereocenters. The van der Waals surface area contributed by atoms with E-state index in [4.69, 9.17) is 4.74 Å². The Morgan fingerprint density at radius 1 is 1.14 bits per heavy atom. The average Bonchev–Trinajstić information content (AvgIpc) is 2.74. The highest BCUT2D eigenvalue weighted by molar-refractivity contribution is 5.95. The van der Waals surface area contributed by atoms with Crippen LogP contribution in [0.15, 0.2) is 65.5 Å². The van der Waals surface area contributed by atoms with Gasteiger partial charge in [-0.25, -0.2) is 4.68 Å². The van der Waals surface area contributed by atoms with Crippen molar-refractivity contribution >= 4 is 17.3 Å². The van der Waals surface area contributed by atoms with Gasteiger partial charge < -0.3 is 10.1 Å². The lowest BCUT2D eigenvalue weighted by molar-refractivity contribution is -0.383. The number of nitrogens with zero attached hydrogens (tertiary/aromatic N) is 3. The molecule has 9 nitrogen and oxygen atoms in total. The molecule has 0 saturated heterocycles. The third-order valence-corrected chi connectivity index (χ3v) is 4.32. The second-order valence-corrected chi connectivity index (χ2v) is 6.17. The zero-order chi connectivity index (χ0) is 21.0. The Bertz CT molecular complexity index is 1110. The highest BCUT2D eigenvalue weighted by atomic mass is 16.6. The molecule has 1 aromatic heterocycles. The molecule has 0 aliphatic carbocycles. The van der Waals surface area contributed by atoms with Gasteiger partial charge in [0.25, 0.3) is 11.2 Å². The highest BCUT2D eigenvalue weighted by Crippen LogP contribution is 2.24. The van der Waals surface area contributed by atoms with E-state index in [2.05, 4.69) is 10.4 Å². The lowest BCUT2D eigenvalue weighted by Crippen LogP contribution is -2.33. The van der Waals surface area contributed by atoms with E-state index in [1.807, 2.05) is 0 Å². The Hall–Kier alpha value is -4.01. The number of hydrogen-bond donors (Lipinski definition) is 1. The van der Waals surface area contributed by atoms with Crippen molar-refractivity contribution in [2.45, 2.75) is 13.0 Å². The Kier molecular flexibility index (Phi) is 5.68. The van der Waals surface area contributed by atoms with Crippen LogP contribution in [-0.2, 0) is 4.79 Å². The first kappa shape index (κ1) is 19.7. The molecule has 148 valence electrons. The van der Waals surface area contributed by atoms with E-state index >= 15 is 0 Å². The summed E-state index contributed by atoms with van der Waals surface area (Å²) in [6.07, 6.45) is 0. The number of rotatable bonds is 6. The summed E-state index contributed by atoms with van der Waals surface area (Å²) in [5.74, 6) is 0.0834. The number of ether oxygens (including phenoxy) is 1. The first-order valence-electron chi connectivity index (χ1n) is 8.69. The van der Waals surface area contributed by atoms with Crippen molar-refractivity contribution < 1.29 is 14.5 Å². The number of para-hydroxylation sites is 2. The molecular weight excluding hydrogens is 376 g/mol. The van der Waals surface area contributed by atoms with Crippen LogP contribution >= 0.6 is 0 Å². The van der Waals surface area contributed by atoms with Crippen molar-refractivity contribution in [1.29, 1.82) is 0 Å². The number of nitrogens with one attached hydrogen (secondary N) is 1. The fourth-order valence-corrected chi connectivity index (χ4v) is 2.71. The van der Waals surface area contributed by atoms with E-state index in [0.29, 0.717) is 11.4 Å². The molecule has 3 aromatic rings. The first-order chi connectivity index (χ1) is 13.9. The SMILES string of the molecule is COc1ccc(-c2ccc(=O)n(C(C)C(=O)Nc3ccccc3[N+](=O)[O-])n2)cc1. The van der Waals surface area contributed by atoms with Crippen molar-refractivity contribution in [3.8, 4) is 17.0 Å².